The molecule has 1 aliphatic rings. The molecule has 0 aliphatic carbocycles. The van der Waals surface area contributed by atoms with Crippen molar-refractivity contribution < 1.29 is 14.2 Å². The summed E-state index contributed by atoms with van der Waals surface area (Å²) in [6.45, 7) is 1.72. The molecule has 0 bridgehead atoms. The van der Waals surface area contributed by atoms with Gasteiger partial charge in [-0.05, 0) is 37.5 Å². The van der Waals surface area contributed by atoms with E-state index in [0.717, 1.165) is 25.9 Å². The molecule has 1 aromatic rings. The summed E-state index contributed by atoms with van der Waals surface area (Å²) >= 11 is 11.8. The van der Waals surface area contributed by atoms with Crippen LogP contribution in [0.1, 0.15) is 19.3 Å². The van der Waals surface area contributed by atoms with Crippen molar-refractivity contribution in [3.05, 3.63) is 28.2 Å². The van der Waals surface area contributed by atoms with E-state index in [0.29, 0.717) is 29.0 Å². The number of halogens is 2. The first-order valence-corrected chi connectivity index (χ1v) is 6.82. The van der Waals surface area contributed by atoms with Gasteiger partial charge in [-0.15, -0.1) is 0 Å². The molecular weight excluding hydrogens is 275 g/mol. The minimum Gasteiger partial charge on any atom is -0.490 e. The van der Waals surface area contributed by atoms with E-state index >= 15 is 0 Å². The lowest BCUT2D eigenvalue weighted by molar-refractivity contribution is -0.165. The Kier molecular flexibility index (Phi) is 5.57. The van der Waals surface area contributed by atoms with Crippen molar-refractivity contribution >= 4 is 23.2 Å². The lowest BCUT2D eigenvalue weighted by Crippen LogP contribution is -2.24. The molecule has 0 spiro atoms. The quantitative estimate of drug-likeness (QED) is 0.770. The zero-order valence-corrected chi connectivity index (χ0v) is 11.5. The Morgan fingerprint density at radius 1 is 1.22 bits per heavy atom. The minimum absolute atomic E-state index is 0.0805. The highest BCUT2D eigenvalue weighted by Gasteiger charge is 2.13. The molecule has 0 unspecified atom stereocenters. The third-order valence-corrected chi connectivity index (χ3v) is 3.21. The van der Waals surface area contributed by atoms with Crippen molar-refractivity contribution in [2.24, 2.45) is 0 Å². The van der Waals surface area contributed by atoms with Crippen LogP contribution in [0.25, 0.3) is 0 Å². The molecule has 1 saturated heterocycles. The van der Waals surface area contributed by atoms with Crippen LogP contribution in [0, 0.1) is 0 Å². The fourth-order valence-corrected chi connectivity index (χ4v) is 2.23. The Morgan fingerprint density at radius 3 is 2.83 bits per heavy atom. The molecule has 2 rings (SSSR count). The van der Waals surface area contributed by atoms with Crippen molar-refractivity contribution in [3.8, 4) is 5.75 Å². The van der Waals surface area contributed by atoms with Crippen LogP contribution < -0.4 is 4.74 Å². The molecule has 1 heterocycles. The van der Waals surface area contributed by atoms with Crippen LogP contribution in [0.5, 0.6) is 5.75 Å². The Bertz CT molecular complexity index is 378. The van der Waals surface area contributed by atoms with E-state index in [4.69, 9.17) is 37.4 Å². The molecule has 0 saturated carbocycles. The van der Waals surface area contributed by atoms with Crippen LogP contribution in [-0.2, 0) is 9.47 Å². The first-order chi connectivity index (χ1) is 8.75. The van der Waals surface area contributed by atoms with E-state index in [1.807, 2.05) is 0 Å². The van der Waals surface area contributed by atoms with Crippen LogP contribution in [0.3, 0.4) is 0 Å². The molecule has 0 N–H and O–H groups in total. The molecule has 5 heteroatoms. The summed E-state index contributed by atoms with van der Waals surface area (Å²) in [6.07, 6.45) is 3.16. The van der Waals surface area contributed by atoms with E-state index in [9.17, 15) is 0 Å². The van der Waals surface area contributed by atoms with E-state index in [2.05, 4.69) is 0 Å². The van der Waals surface area contributed by atoms with E-state index in [1.54, 1.807) is 18.2 Å². The summed E-state index contributed by atoms with van der Waals surface area (Å²) in [5.41, 5.74) is 0. The van der Waals surface area contributed by atoms with Crippen molar-refractivity contribution in [2.45, 2.75) is 25.6 Å². The zero-order valence-electron chi connectivity index (χ0n) is 10.0. The standard InChI is InChI=1S/C13H16Cl2O3/c14-10-4-5-12(11(15)9-10)16-7-8-18-13-3-1-2-6-17-13/h4-5,9,13H,1-3,6-8H2/t13-/m1/s1. The van der Waals surface area contributed by atoms with Crippen LogP contribution >= 0.6 is 23.2 Å². The van der Waals surface area contributed by atoms with E-state index < -0.39 is 0 Å². The summed E-state index contributed by atoms with van der Waals surface area (Å²) in [5.74, 6) is 0.620. The zero-order chi connectivity index (χ0) is 12.8. The maximum Gasteiger partial charge on any atom is 0.157 e. The van der Waals surface area contributed by atoms with Crippen LogP contribution in [-0.4, -0.2) is 26.1 Å². The predicted octanol–water partition coefficient (Wildman–Crippen LogP) is 3.92. The topological polar surface area (TPSA) is 27.7 Å². The Hall–Kier alpha value is -0.480. The molecule has 0 radical (unpaired) electrons. The first kappa shape index (κ1) is 13.9. The highest BCUT2D eigenvalue weighted by Crippen LogP contribution is 2.27. The largest absolute Gasteiger partial charge is 0.490 e. The molecule has 1 fully saturated rings. The number of rotatable bonds is 5. The SMILES string of the molecule is Clc1ccc(OCCO[C@@H]2CCCCO2)c(Cl)c1. The summed E-state index contributed by atoms with van der Waals surface area (Å²) in [7, 11) is 0. The van der Waals surface area contributed by atoms with Gasteiger partial charge in [-0.2, -0.15) is 0 Å². The molecule has 3 nitrogen and oxygen atoms in total. The predicted molar refractivity (Wildman–Crippen MR) is 71.5 cm³/mol. The summed E-state index contributed by atoms with van der Waals surface area (Å²) in [6, 6.07) is 5.15. The average Bonchev–Trinajstić information content (AvgIpc) is 2.38. The average molecular weight is 291 g/mol. The van der Waals surface area contributed by atoms with Crippen molar-refractivity contribution in [2.75, 3.05) is 19.8 Å². The fourth-order valence-electron chi connectivity index (χ4n) is 1.77. The minimum atomic E-state index is -0.0805. The van der Waals surface area contributed by atoms with Gasteiger partial charge in [0.1, 0.15) is 12.4 Å². The molecular formula is C13H16Cl2O3. The van der Waals surface area contributed by atoms with Crippen molar-refractivity contribution in [3.63, 3.8) is 0 Å². The maximum absolute atomic E-state index is 5.98. The van der Waals surface area contributed by atoms with Crippen LogP contribution in [0.15, 0.2) is 18.2 Å². The molecule has 1 aromatic carbocycles. The second kappa shape index (κ2) is 7.19. The van der Waals surface area contributed by atoms with E-state index in [-0.39, 0.29) is 6.29 Å². The van der Waals surface area contributed by atoms with Gasteiger partial charge >= 0.3 is 0 Å². The van der Waals surface area contributed by atoms with Gasteiger partial charge in [-0.1, -0.05) is 23.2 Å². The molecule has 100 valence electrons. The van der Waals surface area contributed by atoms with Gasteiger partial charge in [0.2, 0.25) is 0 Å². The number of hydrogen-bond acceptors (Lipinski definition) is 3. The molecule has 18 heavy (non-hydrogen) atoms. The number of benzene rings is 1. The third-order valence-electron chi connectivity index (χ3n) is 2.68. The summed E-state index contributed by atoms with van der Waals surface area (Å²) in [5, 5.41) is 1.11. The Balaban J connectivity index is 1.68. The van der Waals surface area contributed by atoms with Crippen LogP contribution in [0.2, 0.25) is 10.0 Å². The number of ether oxygens (including phenoxy) is 3. The van der Waals surface area contributed by atoms with Crippen LogP contribution in [0.4, 0.5) is 0 Å². The molecule has 0 aromatic heterocycles. The third kappa shape index (κ3) is 4.32. The lowest BCUT2D eigenvalue weighted by Gasteiger charge is -2.22. The Morgan fingerprint density at radius 2 is 2.11 bits per heavy atom. The highest BCUT2D eigenvalue weighted by molar-refractivity contribution is 6.35. The Labute approximate surface area is 117 Å². The van der Waals surface area contributed by atoms with Gasteiger partial charge in [0.25, 0.3) is 0 Å². The maximum atomic E-state index is 5.98. The fraction of sp³-hybridized carbons (Fsp3) is 0.538. The van der Waals surface area contributed by atoms with E-state index in [1.165, 1.54) is 0 Å². The van der Waals surface area contributed by atoms with Gasteiger partial charge in [0.15, 0.2) is 6.29 Å². The van der Waals surface area contributed by atoms with Crippen molar-refractivity contribution in [1.29, 1.82) is 0 Å². The highest BCUT2D eigenvalue weighted by atomic mass is 35.5. The summed E-state index contributed by atoms with van der Waals surface area (Å²) in [4.78, 5) is 0. The van der Waals surface area contributed by atoms with Gasteiger partial charge in [-0.3, -0.25) is 0 Å². The lowest BCUT2D eigenvalue weighted by atomic mass is 10.2. The summed E-state index contributed by atoms with van der Waals surface area (Å²) < 4.78 is 16.5. The normalized spacial score (nSPS) is 19.8. The smallest absolute Gasteiger partial charge is 0.157 e. The van der Waals surface area contributed by atoms with Crippen molar-refractivity contribution in [1.82, 2.24) is 0 Å². The molecule has 1 aliphatic heterocycles. The second-order valence-corrected chi connectivity index (χ2v) is 4.93. The van der Waals surface area contributed by atoms with Gasteiger partial charge in [0.05, 0.1) is 11.6 Å². The monoisotopic (exact) mass is 290 g/mol. The van der Waals surface area contributed by atoms with Gasteiger partial charge in [-0.25, -0.2) is 0 Å². The van der Waals surface area contributed by atoms with Gasteiger partial charge in [0, 0.05) is 11.6 Å². The first-order valence-electron chi connectivity index (χ1n) is 6.07. The number of hydrogen-bond donors (Lipinski definition) is 0. The molecule has 0 amide bonds. The molecule has 1 atom stereocenters. The van der Waals surface area contributed by atoms with Gasteiger partial charge < -0.3 is 14.2 Å². The second-order valence-electron chi connectivity index (χ2n) is 4.09.